The molecule has 1 fully saturated rings. The highest BCUT2D eigenvalue weighted by Crippen LogP contribution is 2.20. The lowest BCUT2D eigenvalue weighted by Gasteiger charge is -2.34. The fourth-order valence-corrected chi connectivity index (χ4v) is 2.67. The van der Waals surface area contributed by atoms with E-state index in [1.54, 1.807) is 0 Å². The zero-order chi connectivity index (χ0) is 13.1. The Morgan fingerprint density at radius 1 is 1.59 bits per heavy atom. The molecule has 0 aromatic rings. The van der Waals surface area contributed by atoms with Crippen molar-refractivity contribution < 1.29 is 4.74 Å². The van der Waals surface area contributed by atoms with E-state index in [0.29, 0.717) is 12.1 Å². The van der Waals surface area contributed by atoms with Gasteiger partial charge in [-0.05, 0) is 41.2 Å². The summed E-state index contributed by atoms with van der Waals surface area (Å²) in [4.78, 5) is 2.25. The van der Waals surface area contributed by atoms with E-state index >= 15 is 0 Å². The van der Waals surface area contributed by atoms with Gasteiger partial charge in [0.1, 0.15) is 5.54 Å². The highest BCUT2D eigenvalue weighted by atomic mass is 16.5. The summed E-state index contributed by atoms with van der Waals surface area (Å²) in [6.07, 6.45) is 1.32. The summed E-state index contributed by atoms with van der Waals surface area (Å²) in [6, 6.07) is 3.12. The van der Waals surface area contributed by atoms with Crippen LogP contribution in [0.1, 0.15) is 34.1 Å². The van der Waals surface area contributed by atoms with Gasteiger partial charge in [-0.1, -0.05) is 0 Å². The number of rotatable bonds is 5. The second-order valence-corrected chi connectivity index (χ2v) is 5.59. The van der Waals surface area contributed by atoms with Crippen LogP contribution in [0.5, 0.6) is 0 Å². The molecule has 1 saturated heterocycles. The maximum absolute atomic E-state index is 9.32. The Morgan fingerprint density at radius 3 is 2.65 bits per heavy atom. The number of nitrogens with one attached hydrogen (secondary N) is 1. The van der Waals surface area contributed by atoms with Crippen molar-refractivity contribution in [2.75, 3.05) is 20.2 Å². The third-order valence-corrected chi connectivity index (χ3v) is 3.32. The Labute approximate surface area is 105 Å². The van der Waals surface area contributed by atoms with E-state index < -0.39 is 5.54 Å². The van der Waals surface area contributed by atoms with Crippen molar-refractivity contribution in [3.63, 3.8) is 0 Å². The lowest BCUT2D eigenvalue weighted by Crippen LogP contribution is -2.54. The van der Waals surface area contributed by atoms with Crippen molar-refractivity contribution in [2.45, 2.75) is 57.8 Å². The molecular formula is C13H25N3O. The van der Waals surface area contributed by atoms with Crippen LogP contribution in [0.3, 0.4) is 0 Å². The molecule has 0 aromatic heterocycles. The van der Waals surface area contributed by atoms with Gasteiger partial charge in [-0.25, -0.2) is 0 Å². The Kier molecular flexibility index (Phi) is 4.93. The third-order valence-electron chi connectivity index (χ3n) is 3.32. The van der Waals surface area contributed by atoms with E-state index in [0.717, 1.165) is 19.6 Å². The van der Waals surface area contributed by atoms with Gasteiger partial charge in [0.2, 0.25) is 0 Å². The minimum Gasteiger partial charge on any atom is -0.377 e. The van der Waals surface area contributed by atoms with Gasteiger partial charge < -0.3 is 4.74 Å². The summed E-state index contributed by atoms with van der Waals surface area (Å²) in [5.74, 6) is 0. The van der Waals surface area contributed by atoms with E-state index in [9.17, 15) is 5.26 Å². The van der Waals surface area contributed by atoms with Crippen LogP contribution in [0.15, 0.2) is 0 Å². The molecule has 17 heavy (non-hydrogen) atoms. The predicted molar refractivity (Wildman–Crippen MR) is 68.7 cm³/mol. The van der Waals surface area contributed by atoms with Gasteiger partial charge >= 0.3 is 0 Å². The quantitative estimate of drug-likeness (QED) is 0.787. The number of likely N-dealkylation sites (N-methyl/N-ethyl adjacent to an activating group) is 1. The molecule has 4 nitrogen and oxygen atoms in total. The van der Waals surface area contributed by atoms with Crippen LogP contribution in [-0.2, 0) is 4.74 Å². The van der Waals surface area contributed by atoms with Gasteiger partial charge in [0.25, 0.3) is 0 Å². The largest absolute Gasteiger partial charge is 0.377 e. The first-order valence-corrected chi connectivity index (χ1v) is 6.39. The van der Waals surface area contributed by atoms with E-state index in [1.165, 1.54) is 0 Å². The number of hydrogen-bond acceptors (Lipinski definition) is 4. The Balaban J connectivity index is 2.59. The molecule has 1 rings (SSSR count). The second kappa shape index (κ2) is 5.81. The second-order valence-electron chi connectivity index (χ2n) is 5.59. The molecule has 4 heteroatoms. The topological polar surface area (TPSA) is 48.3 Å². The van der Waals surface area contributed by atoms with Gasteiger partial charge in [-0.3, -0.25) is 10.2 Å². The molecule has 0 spiro atoms. The summed E-state index contributed by atoms with van der Waals surface area (Å²) >= 11 is 0. The number of nitrogens with zero attached hydrogens (tertiary/aromatic N) is 2. The van der Waals surface area contributed by atoms with E-state index in [4.69, 9.17) is 4.74 Å². The smallest absolute Gasteiger partial charge is 0.116 e. The van der Waals surface area contributed by atoms with Crippen LogP contribution in [-0.4, -0.2) is 48.8 Å². The van der Waals surface area contributed by atoms with Crippen molar-refractivity contribution in [2.24, 2.45) is 0 Å². The standard InChI is InChI=1S/C13H25N3O/c1-10(2)15-13(4,8-14)9-16(5)12-6-7-17-11(12)3/h10-12,15H,6-7,9H2,1-5H3. The molecule has 0 amide bonds. The van der Waals surface area contributed by atoms with E-state index in [-0.39, 0.29) is 6.10 Å². The van der Waals surface area contributed by atoms with Gasteiger partial charge in [-0.2, -0.15) is 5.26 Å². The first kappa shape index (κ1) is 14.4. The zero-order valence-corrected chi connectivity index (χ0v) is 11.7. The van der Waals surface area contributed by atoms with Crippen LogP contribution in [0.4, 0.5) is 0 Å². The molecule has 0 bridgehead atoms. The van der Waals surface area contributed by atoms with Crippen molar-refractivity contribution in [1.29, 1.82) is 5.26 Å². The van der Waals surface area contributed by atoms with Crippen molar-refractivity contribution in [3.8, 4) is 6.07 Å². The fourth-order valence-electron chi connectivity index (χ4n) is 2.67. The molecule has 1 heterocycles. The summed E-state index contributed by atoms with van der Waals surface area (Å²) in [6.45, 7) is 9.75. The molecule has 1 N–H and O–H groups in total. The van der Waals surface area contributed by atoms with Gasteiger partial charge in [0, 0.05) is 25.2 Å². The van der Waals surface area contributed by atoms with Crippen molar-refractivity contribution >= 4 is 0 Å². The van der Waals surface area contributed by atoms with Gasteiger partial charge in [0.15, 0.2) is 0 Å². The van der Waals surface area contributed by atoms with Crippen LogP contribution in [0, 0.1) is 11.3 Å². The van der Waals surface area contributed by atoms with Crippen LogP contribution in [0.2, 0.25) is 0 Å². The average Bonchev–Trinajstić information content (AvgIpc) is 2.63. The number of ether oxygens (including phenoxy) is 1. The van der Waals surface area contributed by atoms with Crippen molar-refractivity contribution in [3.05, 3.63) is 0 Å². The van der Waals surface area contributed by atoms with Crippen LogP contribution < -0.4 is 5.32 Å². The maximum Gasteiger partial charge on any atom is 0.116 e. The van der Waals surface area contributed by atoms with Gasteiger partial charge in [0.05, 0.1) is 12.2 Å². The normalized spacial score (nSPS) is 28.4. The number of nitriles is 1. The third kappa shape index (κ3) is 3.95. The summed E-state index contributed by atoms with van der Waals surface area (Å²) < 4.78 is 5.57. The predicted octanol–water partition coefficient (Wildman–Crippen LogP) is 1.38. The molecule has 0 aliphatic carbocycles. The Hall–Kier alpha value is -0.630. The average molecular weight is 239 g/mol. The first-order valence-electron chi connectivity index (χ1n) is 6.39. The van der Waals surface area contributed by atoms with Gasteiger partial charge in [-0.15, -0.1) is 0 Å². The van der Waals surface area contributed by atoms with Crippen LogP contribution >= 0.6 is 0 Å². The molecule has 3 atom stereocenters. The van der Waals surface area contributed by atoms with E-state index in [2.05, 4.69) is 44.1 Å². The lowest BCUT2D eigenvalue weighted by molar-refractivity contribution is 0.0769. The monoisotopic (exact) mass is 239 g/mol. The molecule has 1 aliphatic heterocycles. The molecule has 1 aliphatic rings. The molecule has 0 saturated carbocycles. The highest BCUT2D eigenvalue weighted by molar-refractivity contribution is 5.07. The fraction of sp³-hybridized carbons (Fsp3) is 0.923. The maximum atomic E-state index is 9.32. The summed E-state index contributed by atoms with van der Waals surface area (Å²) in [5.41, 5.74) is -0.495. The van der Waals surface area contributed by atoms with Crippen molar-refractivity contribution in [1.82, 2.24) is 10.2 Å². The number of hydrogen-bond donors (Lipinski definition) is 1. The Morgan fingerprint density at radius 2 is 2.24 bits per heavy atom. The SMILES string of the molecule is CC(C)NC(C)(C#N)CN(C)C1CCOC1C. The Bertz CT molecular complexity index is 287. The highest BCUT2D eigenvalue weighted by Gasteiger charge is 2.33. The molecule has 0 radical (unpaired) electrons. The molecule has 3 unspecified atom stereocenters. The summed E-state index contributed by atoms with van der Waals surface area (Å²) in [7, 11) is 2.08. The lowest BCUT2D eigenvalue weighted by atomic mass is 10.0. The molecule has 98 valence electrons. The summed E-state index contributed by atoms with van der Waals surface area (Å²) in [5, 5.41) is 12.7. The van der Waals surface area contributed by atoms with E-state index in [1.807, 2.05) is 6.92 Å². The molecular weight excluding hydrogens is 214 g/mol. The zero-order valence-electron chi connectivity index (χ0n) is 11.7. The first-order chi connectivity index (χ1) is 7.88. The minimum atomic E-state index is -0.495. The molecule has 0 aromatic carbocycles. The van der Waals surface area contributed by atoms with Crippen LogP contribution in [0.25, 0.3) is 0 Å². The minimum absolute atomic E-state index is 0.266.